The molecule has 0 spiro atoms. The molecule has 0 aliphatic carbocycles. The van der Waals surface area contributed by atoms with Gasteiger partial charge in [0.1, 0.15) is 8.07 Å². The van der Waals surface area contributed by atoms with Crippen LogP contribution in [0.1, 0.15) is 47.1 Å². The van der Waals surface area contributed by atoms with E-state index < -0.39 is 8.07 Å². The van der Waals surface area contributed by atoms with Gasteiger partial charge in [0, 0.05) is 18.3 Å². The molecule has 1 aromatic carbocycles. The summed E-state index contributed by atoms with van der Waals surface area (Å²) < 4.78 is 0. The highest BCUT2D eigenvalue weighted by Crippen LogP contribution is 2.40. The molecule has 1 aromatic rings. The Morgan fingerprint density at radius 1 is 0.850 bits per heavy atom. The lowest BCUT2D eigenvalue weighted by molar-refractivity contribution is 0.838. The number of nitrogens with one attached hydrogen (secondary N) is 1. The number of hydrogen-bond donors (Lipinski definition) is 1. The van der Waals surface area contributed by atoms with E-state index in [0.717, 1.165) is 11.3 Å². The number of hydrogen-bond acceptors (Lipinski definition) is 1. The van der Waals surface area contributed by atoms with Gasteiger partial charge < -0.3 is 5.32 Å². The molecule has 1 rings (SSSR count). The normalized spacial score (nSPS) is 11.7. The Hall–Kier alpha value is -1.20. The van der Waals surface area contributed by atoms with Crippen LogP contribution in [0.2, 0.25) is 16.6 Å². The maximum Gasteiger partial charge on any atom is 0.146 e. The molecule has 110 valence electrons. The van der Waals surface area contributed by atoms with Gasteiger partial charge in [-0.05, 0) is 40.9 Å². The second kappa shape index (κ2) is 6.99. The minimum atomic E-state index is -1.61. The van der Waals surface area contributed by atoms with Gasteiger partial charge in [0.25, 0.3) is 0 Å². The summed E-state index contributed by atoms with van der Waals surface area (Å²) in [6.07, 6.45) is 0. The Labute approximate surface area is 126 Å². The van der Waals surface area contributed by atoms with Gasteiger partial charge in [0.15, 0.2) is 0 Å². The molecule has 1 nitrogen and oxygen atoms in total. The average Bonchev–Trinajstić information content (AvgIpc) is 2.38. The van der Waals surface area contributed by atoms with Crippen LogP contribution >= 0.6 is 0 Å². The van der Waals surface area contributed by atoms with Gasteiger partial charge in [-0.15, -0.1) is 5.54 Å². The zero-order valence-corrected chi connectivity index (χ0v) is 15.0. The number of benzene rings is 1. The third-order valence-corrected chi connectivity index (χ3v) is 10.8. The van der Waals surface area contributed by atoms with Gasteiger partial charge in [-0.1, -0.05) is 47.5 Å². The molecule has 0 aliphatic heterocycles. The van der Waals surface area contributed by atoms with E-state index in [4.69, 9.17) is 0 Å². The summed E-state index contributed by atoms with van der Waals surface area (Å²) in [5.74, 6) is 3.46. The molecule has 0 unspecified atom stereocenters. The van der Waals surface area contributed by atoms with Crippen molar-refractivity contribution >= 4 is 13.8 Å². The number of rotatable bonds is 4. The maximum absolute atomic E-state index is 3.75. The van der Waals surface area contributed by atoms with E-state index in [1.54, 1.807) is 0 Å². The van der Waals surface area contributed by atoms with Crippen molar-refractivity contribution in [1.29, 1.82) is 0 Å². The van der Waals surface area contributed by atoms with Crippen molar-refractivity contribution in [2.45, 2.75) is 58.2 Å². The molecule has 0 heterocycles. The molecule has 0 atom stereocenters. The molecule has 0 bridgehead atoms. The van der Waals surface area contributed by atoms with Crippen LogP contribution in [0.4, 0.5) is 5.69 Å². The van der Waals surface area contributed by atoms with Crippen molar-refractivity contribution in [3.05, 3.63) is 29.8 Å². The molecule has 0 saturated heterocycles. The smallest absolute Gasteiger partial charge is 0.146 e. The lowest BCUT2D eigenvalue weighted by Gasteiger charge is -2.38. The summed E-state index contributed by atoms with van der Waals surface area (Å²) in [6.45, 7) is 14.1. The van der Waals surface area contributed by atoms with Crippen molar-refractivity contribution in [1.82, 2.24) is 0 Å². The largest absolute Gasteiger partial charge is 0.388 e. The minimum absolute atomic E-state index is 0.687. The van der Waals surface area contributed by atoms with Gasteiger partial charge in [-0.3, -0.25) is 0 Å². The van der Waals surface area contributed by atoms with E-state index in [0.29, 0.717) is 16.6 Å². The first-order valence-corrected chi connectivity index (χ1v) is 9.88. The highest BCUT2D eigenvalue weighted by atomic mass is 28.3. The molecule has 0 aromatic heterocycles. The van der Waals surface area contributed by atoms with Crippen molar-refractivity contribution in [3.63, 3.8) is 0 Å². The highest BCUT2D eigenvalue weighted by Gasteiger charge is 2.41. The molecule has 2 heteroatoms. The Morgan fingerprint density at radius 2 is 1.30 bits per heavy atom. The first-order valence-electron chi connectivity index (χ1n) is 7.65. The molecular weight excluding hydrogens is 258 g/mol. The van der Waals surface area contributed by atoms with Crippen LogP contribution in [-0.4, -0.2) is 15.1 Å². The van der Waals surface area contributed by atoms with Gasteiger partial charge in [0.2, 0.25) is 0 Å². The van der Waals surface area contributed by atoms with Crippen molar-refractivity contribution in [2.75, 3.05) is 12.4 Å². The molecule has 20 heavy (non-hydrogen) atoms. The maximum atomic E-state index is 3.75. The van der Waals surface area contributed by atoms with Crippen molar-refractivity contribution < 1.29 is 0 Å². The molecule has 0 fully saturated rings. The minimum Gasteiger partial charge on any atom is -0.388 e. The van der Waals surface area contributed by atoms with Crippen LogP contribution in [0.15, 0.2) is 24.3 Å². The third-order valence-electron chi connectivity index (χ3n) is 4.46. The molecule has 0 radical (unpaired) electrons. The Bertz CT molecular complexity index is 453. The predicted molar refractivity (Wildman–Crippen MR) is 93.9 cm³/mol. The summed E-state index contributed by atoms with van der Waals surface area (Å²) >= 11 is 0. The Morgan fingerprint density at radius 3 is 1.65 bits per heavy atom. The monoisotopic (exact) mass is 287 g/mol. The van der Waals surface area contributed by atoms with Crippen LogP contribution in [0.5, 0.6) is 0 Å². The lowest BCUT2D eigenvalue weighted by Crippen LogP contribution is -2.43. The van der Waals surface area contributed by atoms with Crippen LogP contribution in [0, 0.1) is 11.5 Å². The van der Waals surface area contributed by atoms with Gasteiger partial charge >= 0.3 is 0 Å². The standard InChI is InChI=1S/C18H29NSi/c1-14(2)20(15(3)4,16(5)6)13-12-17-8-10-18(19-7)11-9-17/h8-11,14-16,19H,1-7H3. The quantitative estimate of drug-likeness (QED) is 0.585. The first-order chi connectivity index (χ1) is 9.34. The van der Waals surface area contributed by atoms with E-state index in [-0.39, 0.29) is 0 Å². The second-order valence-electron chi connectivity index (χ2n) is 6.47. The molecule has 0 saturated carbocycles. The molecular formula is C18H29NSi. The van der Waals surface area contributed by atoms with Crippen LogP contribution < -0.4 is 5.32 Å². The fourth-order valence-electron chi connectivity index (χ4n) is 3.33. The fourth-order valence-corrected chi connectivity index (χ4v) is 8.56. The van der Waals surface area contributed by atoms with Crippen LogP contribution in [0.3, 0.4) is 0 Å². The predicted octanol–water partition coefficient (Wildman–Crippen LogP) is 5.30. The summed E-state index contributed by atoms with van der Waals surface area (Å²) in [4.78, 5) is 0. The average molecular weight is 288 g/mol. The third kappa shape index (κ3) is 3.46. The zero-order valence-electron chi connectivity index (χ0n) is 14.0. The van der Waals surface area contributed by atoms with E-state index in [2.05, 4.69) is 82.6 Å². The first kappa shape index (κ1) is 16.9. The van der Waals surface area contributed by atoms with Gasteiger partial charge in [-0.25, -0.2) is 0 Å². The molecule has 0 amide bonds. The summed E-state index contributed by atoms with van der Waals surface area (Å²) in [7, 11) is 0.330. The van der Waals surface area contributed by atoms with Gasteiger partial charge in [0.05, 0.1) is 0 Å². The van der Waals surface area contributed by atoms with Gasteiger partial charge in [-0.2, -0.15) is 0 Å². The Kier molecular flexibility index (Phi) is 5.89. The van der Waals surface area contributed by atoms with Crippen LogP contribution in [-0.2, 0) is 0 Å². The highest BCUT2D eigenvalue weighted by molar-refractivity contribution is 6.90. The Balaban J connectivity index is 3.16. The molecule has 0 aliphatic rings. The topological polar surface area (TPSA) is 12.0 Å². The van der Waals surface area contributed by atoms with Crippen LogP contribution in [0.25, 0.3) is 0 Å². The second-order valence-corrected chi connectivity index (χ2v) is 12.1. The summed E-state index contributed by atoms with van der Waals surface area (Å²) in [5, 5.41) is 3.14. The van der Waals surface area contributed by atoms with E-state index >= 15 is 0 Å². The van der Waals surface area contributed by atoms with Crippen molar-refractivity contribution in [2.24, 2.45) is 0 Å². The SMILES string of the molecule is CNc1ccc(C#C[Si](C(C)C)(C(C)C)C(C)C)cc1. The zero-order chi connectivity index (χ0) is 15.3. The summed E-state index contributed by atoms with van der Waals surface area (Å²) in [6, 6.07) is 8.40. The lowest BCUT2D eigenvalue weighted by atomic mass is 10.2. The van der Waals surface area contributed by atoms with E-state index in [1.165, 1.54) is 0 Å². The van der Waals surface area contributed by atoms with Crippen molar-refractivity contribution in [3.8, 4) is 11.5 Å². The van der Waals surface area contributed by atoms with E-state index in [1.807, 2.05) is 7.05 Å². The number of anilines is 1. The summed E-state index contributed by atoms with van der Waals surface area (Å²) in [5.41, 5.74) is 8.08. The molecule has 1 N–H and O–H groups in total. The van der Waals surface area contributed by atoms with E-state index in [9.17, 15) is 0 Å². The fraction of sp³-hybridized carbons (Fsp3) is 0.556.